The summed E-state index contributed by atoms with van der Waals surface area (Å²) < 4.78 is 43.8. The molecule has 0 fully saturated rings. The first-order chi connectivity index (χ1) is 12.8. The third-order valence-electron chi connectivity index (χ3n) is 4.26. The normalized spacial score (nSPS) is 13.1. The van der Waals surface area contributed by atoms with Crippen LogP contribution in [0.15, 0.2) is 36.4 Å². The highest BCUT2D eigenvalue weighted by atomic mass is 32.2. The lowest BCUT2D eigenvalue weighted by molar-refractivity contribution is -0.123. The molecule has 1 aliphatic rings. The molecule has 8 heteroatoms. The van der Waals surface area contributed by atoms with Crippen molar-refractivity contribution in [3.63, 3.8) is 0 Å². The summed E-state index contributed by atoms with van der Waals surface area (Å²) in [6.45, 7) is -0.0164. The van der Waals surface area contributed by atoms with Gasteiger partial charge >= 0.3 is 0 Å². The lowest BCUT2D eigenvalue weighted by Crippen LogP contribution is -2.28. The van der Waals surface area contributed by atoms with E-state index in [1.54, 1.807) is 0 Å². The number of fused-ring (bicyclic) bond motifs is 1. The molecule has 27 heavy (non-hydrogen) atoms. The van der Waals surface area contributed by atoms with Crippen LogP contribution in [0.1, 0.15) is 23.1 Å². The molecule has 0 spiro atoms. The van der Waals surface area contributed by atoms with Gasteiger partial charge in [-0.05, 0) is 60.2 Å². The smallest absolute Gasteiger partial charge is 0.258 e. The number of anilines is 1. The van der Waals surface area contributed by atoms with Gasteiger partial charge in [0.05, 0.1) is 11.9 Å². The topological polar surface area (TPSA) is 84.5 Å². The number of amides is 1. The van der Waals surface area contributed by atoms with E-state index in [9.17, 15) is 17.6 Å². The van der Waals surface area contributed by atoms with Crippen molar-refractivity contribution in [1.82, 2.24) is 5.32 Å². The first-order valence-electron chi connectivity index (χ1n) is 8.58. The number of aryl methyl sites for hydroxylation is 2. The summed E-state index contributed by atoms with van der Waals surface area (Å²) in [6.07, 6.45) is 4.22. The summed E-state index contributed by atoms with van der Waals surface area (Å²) in [6, 6.07) is 9.90. The second kappa shape index (κ2) is 7.96. The molecule has 0 aromatic heterocycles. The third kappa shape index (κ3) is 5.43. The Hall–Kier alpha value is -2.61. The molecule has 2 aromatic rings. The highest BCUT2D eigenvalue weighted by molar-refractivity contribution is 7.92. The van der Waals surface area contributed by atoms with Gasteiger partial charge < -0.3 is 10.1 Å². The van der Waals surface area contributed by atoms with Gasteiger partial charge in [-0.15, -0.1) is 0 Å². The Kier molecular flexibility index (Phi) is 5.65. The van der Waals surface area contributed by atoms with Gasteiger partial charge in [0.2, 0.25) is 10.0 Å². The number of rotatable bonds is 7. The van der Waals surface area contributed by atoms with Crippen LogP contribution in [0.2, 0.25) is 0 Å². The molecular weight excluding hydrogens is 371 g/mol. The summed E-state index contributed by atoms with van der Waals surface area (Å²) >= 11 is 0. The van der Waals surface area contributed by atoms with Crippen LogP contribution in [0, 0.1) is 5.82 Å². The molecule has 2 aromatic carbocycles. The van der Waals surface area contributed by atoms with Crippen LogP contribution in [0.3, 0.4) is 0 Å². The van der Waals surface area contributed by atoms with Gasteiger partial charge in [-0.25, -0.2) is 12.8 Å². The van der Waals surface area contributed by atoms with Gasteiger partial charge in [-0.1, -0.05) is 12.1 Å². The SMILES string of the molecule is CS(=O)(=O)Nc1ccc(CNC(=O)COc2ccc3c(c2)CCC3)cc1F. The summed E-state index contributed by atoms with van der Waals surface area (Å²) in [7, 11) is -3.55. The molecule has 0 heterocycles. The minimum atomic E-state index is -3.55. The van der Waals surface area contributed by atoms with E-state index in [1.807, 2.05) is 18.2 Å². The van der Waals surface area contributed by atoms with Crippen molar-refractivity contribution in [3.05, 3.63) is 58.9 Å². The van der Waals surface area contributed by atoms with Crippen molar-refractivity contribution >= 4 is 21.6 Å². The van der Waals surface area contributed by atoms with Gasteiger partial charge in [0.15, 0.2) is 6.61 Å². The van der Waals surface area contributed by atoms with E-state index in [4.69, 9.17) is 4.74 Å². The molecule has 1 aliphatic carbocycles. The van der Waals surface area contributed by atoms with E-state index in [0.717, 1.165) is 25.5 Å². The third-order valence-corrected chi connectivity index (χ3v) is 4.85. The second-order valence-electron chi connectivity index (χ2n) is 6.54. The maximum atomic E-state index is 13.9. The fourth-order valence-electron chi connectivity index (χ4n) is 2.99. The fourth-order valence-corrected chi connectivity index (χ4v) is 3.55. The largest absolute Gasteiger partial charge is 0.484 e. The van der Waals surface area contributed by atoms with E-state index in [0.29, 0.717) is 11.3 Å². The Morgan fingerprint density at radius 3 is 2.67 bits per heavy atom. The molecule has 0 atom stereocenters. The molecule has 144 valence electrons. The Morgan fingerprint density at radius 2 is 1.93 bits per heavy atom. The number of carbonyl (C=O) groups excluding carboxylic acids is 1. The zero-order chi connectivity index (χ0) is 19.4. The molecule has 0 saturated heterocycles. The Balaban J connectivity index is 1.49. The minimum Gasteiger partial charge on any atom is -0.484 e. The van der Waals surface area contributed by atoms with Crippen LogP contribution >= 0.6 is 0 Å². The van der Waals surface area contributed by atoms with Crippen molar-refractivity contribution in [2.75, 3.05) is 17.6 Å². The number of halogens is 1. The zero-order valence-electron chi connectivity index (χ0n) is 14.9. The molecular formula is C19H21FN2O4S. The van der Waals surface area contributed by atoms with Crippen LogP contribution in [0.25, 0.3) is 0 Å². The first kappa shape index (κ1) is 19.2. The monoisotopic (exact) mass is 392 g/mol. The summed E-state index contributed by atoms with van der Waals surface area (Å²) in [5, 5.41) is 2.65. The number of carbonyl (C=O) groups is 1. The number of hydrogen-bond acceptors (Lipinski definition) is 4. The number of sulfonamides is 1. The summed E-state index contributed by atoms with van der Waals surface area (Å²) in [5.74, 6) is -0.371. The lowest BCUT2D eigenvalue weighted by atomic mass is 10.1. The first-order valence-corrected chi connectivity index (χ1v) is 10.5. The quantitative estimate of drug-likeness (QED) is 0.758. The van der Waals surface area contributed by atoms with Gasteiger partial charge in [-0.2, -0.15) is 0 Å². The molecule has 0 bridgehead atoms. The van der Waals surface area contributed by atoms with E-state index in [2.05, 4.69) is 10.0 Å². The van der Waals surface area contributed by atoms with Gasteiger partial charge in [0.25, 0.3) is 5.91 Å². The van der Waals surface area contributed by atoms with Crippen LogP contribution in [0.5, 0.6) is 5.75 Å². The second-order valence-corrected chi connectivity index (χ2v) is 8.29. The van der Waals surface area contributed by atoms with Crippen LogP contribution in [0.4, 0.5) is 10.1 Å². The van der Waals surface area contributed by atoms with Gasteiger partial charge in [0.1, 0.15) is 11.6 Å². The van der Waals surface area contributed by atoms with Gasteiger partial charge in [0, 0.05) is 6.54 Å². The Labute approximate surface area is 157 Å². The summed E-state index contributed by atoms with van der Waals surface area (Å²) in [4.78, 5) is 11.9. The highest BCUT2D eigenvalue weighted by Crippen LogP contribution is 2.26. The predicted molar refractivity (Wildman–Crippen MR) is 101 cm³/mol. The number of nitrogens with one attached hydrogen (secondary N) is 2. The van der Waals surface area contributed by atoms with Crippen LogP contribution in [-0.2, 0) is 34.2 Å². The maximum absolute atomic E-state index is 13.9. The number of hydrogen-bond donors (Lipinski definition) is 2. The van der Waals surface area contributed by atoms with Gasteiger partial charge in [-0.3, -0.25) is 9.52 Å². The average Bonchev–Trinajstić information content (AvgIpc) is 3.07. The predicted octanol–water partition coefficient (Wildman–Crippen LogP) is 2.38. The molecule has 2 N–H and O–H groups in total. The van der Waals surface area contributed by atoms with Crippen LogP contribution < -0.4 is 14.8 Å². The number of benzene rings is 2. The molecule has 0 aliphatic heterocycles. The molecule has 0 saturated carbocycles. The van der Waals surface area contributed by atoms with E-state index in [1.165, 1.54) is 29.3 Å². The summed E-state index contributed by atoms with van der Waals surface area (Å²) in [5.41, 5.74) is 2.98. The molecule has 6 nitrogen and oxygen atoms in total. The van der Waals surface area contributed by atoms with Crippen molar-refractivity contribution < 1.29 is 22.3 Å². The molecule has 1 amide bonds. The number of ether oxygens (including phenoxy) is 1. The molecule has 3 rings (SSSR count). The Bertz CT molecular complexity index is 960. The van der Waals surface area contributed by atoms with Crippen molar-refractivity contribution in [2.45, 2.75) is 25.8 Å². The highest BCUT2D eigenvalue weighted by Gasteiger charge is 2.12. The van der Waals surface area contributed by atoms with Crippen molar-refractivity contribution in [3.8, 4) is 5.75 Å². The average molecular weight is 392 g/mol. The fraction of sp³-hybridized carbons (Fsp3) is 0.316. The molecule has 0 radical (unpaired) electrons. The standard InChI is InChI=1S/C19H21FN2O4S/c1-27(24,25)22-18-8-5-13(9-17(18)20)11-21-19(23)12-26-16-7-6-14-3-2-4-15(14)10-16/h5-10,22H,2-4,11-12H2,1H3,(H,21,23). The lowest BCUT2D eigenvalue weighted by Gasteiger charge is -2.10. The maximum Gasteiger partial charge on any atom is 0.258 e. The van der Waals surface area contributed by atoms with E-state index in [-0.39, 0.29) is 24.7 Å². The molecule has 0 unspecified atom stereocenters. The van der Waals surface area contributed by atoms with Crippen LogP contribution in [-0.4, -0.2) is 27.2 Å². The van der Waals surface area contributed by atoms with Crippen molar-refractivity contribution in [2.24, 2.45) is 0 Å². The Morgan fingerprint density at radius 1 is 1.15 bits per heavy atom. The van der Waals surface area contributed by atoms with Crippen molar-refractivity contribution in [1.29, 1.82) is 0 Å². The van der Waals surface area contributed by atoms with E-state index >= 15 is 0 Å². The minimum absolute atomic E-state index is 0.114. The van der Waals surface area contributed by atoms with E-state index < -0.39 is 15.8 Å². The zero-order valence-corrected chi connectivity index (χ0v) is 15.7.